The van der Waals surface area contributed by atoms with E-state index in [0.717, 1.165) is 12.8 Å². The van der Waals surface area contributed by atoms with Gasteiger partial charge in [-0.25, -0.2) is 9.59 Å². The third-order valence-corrected chi connectivity index (χ3v) is 3.75. The van der Waals surface area contributed by atoms with Crippen molar-refractivity contribution in [3.63, 3.8) is 0 Å². The van der Waals surface area contributed by atoms with Crippen LogP contribution in [-0.4, -0.2) is 42.1 Å². The number of urea groups is 1. The molecular weight excluding hydrogens is 298 g/mol. The van der Waals surface area contributed by atoms with E-state index in [0.29, 0.717) is 30.8 Å². The minimum Gasteiger partial charge on any atom is -0.480 e. The van der Waals surface area contributed by atoms with Crippen molar-refractivity contribution in [3.05, 3.63) is 29.8 Å². The molecule has 1 saturated heterocycles. The van der Waals surface area contributed by atoms with Crippen LogP contribution in [0.4, 0.5) is 10.5 Å². The number of carbonyl (C=O) groups excluding carboxylic acids is 2. The molecule has 1 aromatic carbocycles. The van der Waals surface area contributed by atoms with E-state index in [4.69, 9.17) is 5.11 Å². The third kappa shape index (κ3) is 4.21. The lowest BCUT2D eigenvalue weighted by Gasteiger charge is -2.16. The number of aliphatic carboxylic acids is 1. The van der Waals surface area contributed by atoms with Gasteiger partial charge in [0.15, 0.2) is 0 Å². The summed E-state index contributed by atoms with van der Waals surface area (Å²) in [6.07, 6.45) is 2.01. The molecule has 23 heavy (non-hydrogen) atoms. The monoisotopic (exact) mass is 319 g/mol. The summed E-state index contributed by atoms with van der Waals surface area (Å²) in [4.78, 5) is 36.5. The highest BCUT2D eigenvalue weighted by Crippen LogP contribution is 2.17. The predicted octanol–water partition coefficient (Wildman–Crippen LogP) is 1.59. The molecule has 7 heteroatoms. The topological polar surface area (TPSA) is 98.7 Å². The van der Waals surface area contributed by atoms with Crippen molar-refractivity contribution in [3.8, 4) is 0 Å². The van der Waals surface area contributed by atoms with Gasteiger partial charge in [-0.3, -0.25) is 9.69 Å². The summed E-state index contributed by atoms with van der Waals surface area (Å²) in [6, 6.07) is 5.51. The van der Waals surface area contributed by atoms with Gasteiger partial charge in [0.2, 0.25) is 0 Å². The van der Waals surface area contributed by atoms with Crippen LogP contribution < -0.4 is 15.5 Å². The Balaban J connectivity index is 2.01. The van der Waals surface area contributed by atoms with Crippen LogP contribution >= 0.6 is 0 Å². The first-order chi connectivity index (χ1) is 11.0. The van der Waals surface area contributed by atoms with E-state index in [1.807, 2.05) is 6.92 Å². The number of carboxylic acid groups (broad SMARTS) is 1. The SMILES string of the molecule is CCCC[C@H](NC(=O)c1ccc(N2CCNC2=O)cc1)C(=O)O. The summed E-state index contributed by atoms with van der Waals surface area (Å²) in [5.41, 5.74) is 1.08. The first kappa shape index (κ1) is 16.8. The summed E-state index contributed by atoms with van der Waals surface area (Å²) >= 11 is 0. The molecule has 1 heterocycles. The number of nitrogens with one attached hydrogen (secondary N) is 2. The lowest BCUT2D eigenvalue weighted by atomic mass is 10.1. The maximum atomic E-state index is 12.2. The molecule has 1 fully saturated rings. The molecule has 0 saturated carbocycles. The van der Waals surface area contributed by atoms with E-state index in [1.165, 1.54) is 0 Å². The van der Waals surface area contributed by atoms with Gasteiger partial charge >= 0.3 is 12.0 Å². The van der Waals surface area contributed by atoms with Crippen LogP contribution in [0.1, 0.15) is 36.5 Å². The van der Waals surface area contributed by atoms with E-state index in [1.54, 1.807) is 29.2 Å². The predicted molar refractivity (Wildman–Crippen MR) is 85.6 cm³/mol. The van der Waals surface area contributed by atoms with Crippen LogP contribution in [0.25, 0.3) is 0 Å². The van der Waals surface area contributed by atoms with E-state index in [-0.39, 0.29) is 6.03 Å². The molecule has 7 nitrogen and oxygen atoms in total. The second kappa shape index (κ2) is 7.62. The van der Waals surface area contributed by atoms with Gasteiger partial charge in [0.1, 0.15) is 6.04 Å². The van der Waals surface area contributed by atoms with Gasteiger partial charge in [0, 0.05) is 24.3 Å². The Labute approximate surface area is 134 Å². The van der Waals surface area contributed by atoms with Crippen molar-refractivity contribution < 1.29 is 19.5 Å². The van der Waals surface area contributed by atoms with Crippen molar-refractivity contribution >= 4 is 23.6 Å². The number of carbonyl (C=O) groups is 3. The second-order valence-electron chi connectivity index (χ2n) is 5.44. The molecule has 1 atom stereocenters. The summed E-state index contributed by atoms with van der Waals surface area (Å²) in [6.45, 7) is 3.15. The minimum absolute atomic E-state index is 0.160. The van der Waals surface area contributed by atoms with Crippen molar-refractivity contribution in [2.75, 3.05) is 18.0 Å². The van der Waals surface area contributed by atoms with Crippen LogP contribution in [0.5, 0.6) is 0 Å². The summed E-state index contributed by atoms with van der Waals surface area (Å²) in [5.74, 6) is -1.46. The van der Waals surface area contributed by atoms with Crippen LogP contribution in [-0.2, 0) is 4.79 Å². The Bertz CT molecular complexity index is 585. The molecule has 0 radical (unpaired) electrons. The summed E-state index contributed by atoms with van der Waals surface area (Å²) < 4.78 is 0. The molecule has 0 aliphatic carbocycles. The van der Waals surface area contributed by atoms with Crippen molar-refractivity contribution in [2.45, 2.75) is 32.2 Å². The van der Waals surface area contributed by atoms with E-state index >= 15 is 0 Å². The maximum absolute atomic E-state index is 12.2. The number of carboxylic acids is 1. The highest BCUT2D eigenvalue weighted by molar-refractivity contribution is 5.98. The Morgan fingerprint density at radius 2 is 2.04 bits per heavy atom. The van der Waals surface area contributed by atoms with E-state index < -0.39 is 17.9 Å². The van der Waals surface area contributed by atoms with E-state index in [9.17, 15) is 14.4 Å². The van der Waals surface area contributed by atoms with Gasteiger partial charge in [-0.15, -0.1) is 0 Å². The number of hydrogen-bond acceptors (Lipinski definition) is 3. The number of anilines is 1. The Kier molecular flexibility index (Phi) is 5.56. The Morgan fingerprint density at radius 1 is 1.35 bits per heavy atom. The highest BCUT2D eigenvalue weighted by atomic mass is 16.4. The number of rotatable bonds is 7. The zero-order valence-electron chi connectivity index (χ0n) is 13.0. The van der Waals surface area contributed by atoms with Crippen molar-refractivity contribution in [1.82, 2.24) is 10.6 Å². The number of hydrogen-bond donors (Lipinski definition) is 3. The number of nitrogens with zero attached hydrogens (tertiary/aromatic N) is 1. The van der Waals surface area contributed by atoms with Crippen LogP contribution in [0, 0.1) is 0 Å². The zero-order chi connectivity index (χ0) is 16.8. The quantitative estimate of drug-likeness (QED) is 0.710. The molecule has 0 bridgehead atoms. The lowest BCUT2D eigenvalue weighted by Crippen LogP contribution is -2.40. The first-order valence-corrected chi connectivity index (χ1v) is 7.72. The highest BCUT2D eigenvalue weighted by Gasteiger charge is 2.22. The lowest BCUT2D eigenvalue weighted by molar-refractivity contribution is -0.139. The smallest absolute Gasteiger partial charge is 0.326 e. The van der Waals surface area contributed by atoms with Gasteiger partial charge in [0.05, 0.1) is 0 Å². The second-order valence-corrected chi connectivity index (χ2v) is 5.44. The fourth-order valence-corrected chi connectivity index (χ4v) is 2.42. The van der Waals surface area contributed by atoms with Gasteiger partial charge in [-0.2, -0.15) is 0 Å². The van der Waals surface area contributed by atoms with Gasteiger partial charge in [-0.05, 0) is 30.7 Å². The average Bonchev–Trinajstić information content (AvgIpc) is 2.97. The molecule has 2 rings (SSSR count). The zero-order valence-corrected chi connectivity index (χ0v) is 13.0. The van der Waals surface area contributed by atoms with E-state index in [2.05, 4.69) is 10.6 Å². The Morgan fingerprint density at radius 3 is 2.57 bits per heavy atom. The summed E-state index contributed by atoms with van der Waals surface area (Å²) in [5, 5.41) is 14.4. The van der Waals surface area contributed by atoms with Crippen molar-refractivity contribution in [1.29, 1.82) is 0 Å². The molecule has 3 amide bonds. The van der Waals surface area contributed by atoms with Crippen molar-refractivity contribution in [2.24, 2.45) is 0 Å². The molecule has 1 aromatic rings. The normalized spacial score (nSPS) is 15.2. The van der Waals surface area contributed by atoms with Crippen LogP contribution in [0.15, 0.2) is 24.3 Å². The number of benzene rings is 1. The fourth-order valence-electron chi connectivity index (χ4n) is 2.42. The Hall–Kier alpha value is -2.57. The molecule has 1 aliphatic heterocycles. The standard InChI is InChI=1S/C16H21N3O4/c1-2-3-4-13(15(21)22)18-14(20)11-5-7-12(8-6-11)19-10-9-17-16(19)23/h5-8,13H,2-4,9-10H2,1H3,(H,17,23)(H,18,20)(H,21,22)/t13-/m0/s1. The van der Waals surface area contributed by atoms with Gasteiger partial charge in [0.25, 0.3) is 5.91 Å². The largest absolute Gasteiger partial charge is 0.480 e. The fraction of sp³-hybridized carbons (Fsp3) is 0.438. The molecule has 3 N–H and O–H groups in total. The maximum Gasteiger partial charge on any atom is 0.326 e. The van der Waals surface area contributed by atoms with Crippen LogP contribution in [0.2, 0.25) is 0 Å². The molecule has 0 unspecified atom stereocenters. The molecule has 124 valence electrons. The first-order valence-electron chi connectivity index (χ1n) is 7.72. The minimum atomic E-state index is -1.03. The average molecular weight is 319 g/mol. The van der Waals surface area contributed by atoms with Gasteiger partial charge < -0.3 is 15.7 Å². The van der Waals surface area contributed by atoms with Gasteiger partial charge in [-0.1, -0.05) is 19.8 Å². The molecular formula is C16H21N3O4. The number of amides is 3. The molecule has 0 spiro atoms. The number of unbranched alkanes of at least 4 members (excludes halogenated alkanes) is 1. The van der Waals surface area contributed by atoms with Crippen LogP contribution in [0.3, 0.4) is 0 Å². The summed E-state index contributed by atoms with van der Waals surface area (Å²) in [7, 11) is 0. The third-order valence-electron chi connectivity index (χ3n) is 3.75. The molecule has 1 aliphatic rings. The molecule has 0 aromatic heterocycles.